The van der Waals surface area contributed by atoms with E-state index in [2.05, 4.69) is 9.71 Å². The van der Waals surface area contributed by atoms with Crippen LogP contribution in [-0.4, -0.2) is 52.4 Å². The molecule has 1 saturated carbocycles. The van der Waals surface area contributed by atoms with Gasteiger partial charge in [-0.25, -0.2) is 4.98 Å². The number of carbonyl (C=O) groups is 1. The zero-order valence-corrected chi connectivity index (χ0v) is 17.3. The molecule has 8 heteroatoms. The van der Waals surface area contributed by atoms with E-state index in [-0.39, 0.29) is 19.1 Å². The number of amides is 1. The van der Waals surface area contributed by atoms with Gasteiger partial charge in [0.25, 0.3) is 0 Å². The lowest BCUT2D eigenvalue weighted by atomic mass is 9.99. The molecule has 2 fully saturated rings. The molecule has 2 aromatic rings. The largest absolute Gasteiger partial charge is 0.474 e. The minimum atomic E-state index is -0.608. The number of hydrogen-bond acceptors (Lipinski definition) is 7. The van der Waals surface area contributed by atoms with E-state index in [1.807, 2.05) is 42.5 Å². The third-order valence-electron chi connectivity index (χ3n) is 5.02. The average Bonchev–Trinajstić information content (AvgIpc) is 3.51. The maximum absolute atomic E-state index is 12.9. The Bertz CT molecular complexity index is 929. The summed E-state index contributed by atoms with van der Waals surface area (Å²) in [5, 5.41) is 17.9. The van der Waals surface area contributed by atoms with Crippen molar-refractivity contribution in [1.82, 2.24) is 14.6 Å². The molecule has 1 aliphatic carbocycles. The summed E-state index contributed by atoms with van der Waals surface area (Å²) < 4.78 is 8.77. The SMILES string of the molecule is N=C1CN(C(=O)C(CO)c2ccccc2)C/C1=C/NSc1ccc(OC2CC2)nc1. The normalized spacial score (nSPS) is 18.5. The molecule has 2 aliphatic rings. The highest BCUT2D eigenvalue weighted by Crippen LogP contribution is 2.26. The molecule has 1 saturated heterocycles. The van der Waals surface area contributed by atoms with E-state index in [0.29, 0.717) is 24.2 Å². The van der Waals surface area contributed by atoms with Gasteiger partial charge in [0.05, 0.1) is 24.8 Å². The number of rotatable bonds is 8. The molecule has 4 rings (SSSR count). The van der Waals surface area contributed by atoms with E-state index >= 15 is 0 Å². The third kappa shape index (κ3) is 5.01. The number of benzene rings is 1. The van der Waals surface area contributed by atoms with Gasteiger partial charge < -0.3 is 24.9 Å². The summed E-state index contributed by atoms with van der Waals surface area (Å²) in [4.78, 5) is 19.7. The molecule has 1 aromatic carbocycles. The summed E-state index contributed by atoms with van der Waals surface area (Å²) >= 11 is 1.39. The van der Waals surface area contributed by atoms with Crippen molar-refractivity contribution >= 4 is 23.6 Å². The van der Waals surface area contributed by atoms with E-state index in [4.69, 9.17) is 10.1 Å². The van der Waals surface area contributed by atoms with Gasteiger partial charge in [0, 0.05) is 35.5 Å². The predicted molar refractivity (Wildman–Crippen MR) is 116 cm³/mol. The molecular formula is C22H24N4O3S. The predicted octanol–water partition coefficient (Wildman–Crippen LogP) is 2.74. The van der Waals surface area contributed by atoms with Gasteiger partial charge in [-0.1, -0.05) is 30.3 Å². The first kappa shape index (κ1) is 20.4. The Morgan fingerprint density at radius 2 is 2.10 bits per heavy atom. The lowest BCUT2D eigenvalue weighted by molar-refractivity contribution is -0.132. The third-order valence-corrected chi connectivity index (χ3v) is 5.74. The maximum Gasteiger partial charge on any atom is 0.233 e. The molecule has 0 bridgehead atoms. The van der Waals surface area contributed by atoms with Gasteiger partial charge >= 0.3 is 0 Å². The molecule has 0 radical (unpaired) electrons. The van der Waals surface area contributed by atoms with Crippen LogP contribution in [0.2, 0.25) is 0 Å². The molecule has 156 valence electrons. The molecule has 3 N–H and O–H groups in total. The second kappa shape index (κ2) is 9.32. The van der Waals surface area contributed by atoms with Crippen molar-refractivity contribution in [3.63, 3.8) is 0 Å². The minimum absolute atomic E-state index is 0.167. The Morgan fingerprint density at radius 3 is 2.77 bits per heavy atom. The zero-order valence-electron chi connectivity index (χ0n) is 16.5. The van der Waals surface area contributed by atoms with Crippen molar-refractivity contribution in [2.24, 2.45) is 0 Å². The number of ether oxygens (including phenoxy) is 1. The van der Waals surface area contributed by atoms with E-state index in [1.54, 1.807) is 17.3 Å². The summed E-state index contributed by atoms with van der Waals surface area (Å²) in [6.45, 7) is 0.337. The highest BCUT2D eigenvalue weighted by molar-refractivity contribution is 7.97. The van der Waals surface area contributed by atoms with Crippen LogP contribution in [0.3, 0.4) is 0 Å². The standard InChI is InChI=1S/C22H24N4O3S/c23-20-13-26(22(28)19(14-27)15-4-2-1-3-5-15)12-16(20)10-25-30-18-8-9-21(24-11-18)29-17-6-7-17/h1-5,8-11,17,19,23,25,27H,6-7,12-14H2/b16-10-,23-20?. The van der Waals surface area contributed by atoms with E-state index in [9.17, 15) is 9.90 Å². The number of carbonyl (C=O) groups excluding carboxylic acids is 1. The van der Waals surface area contributed by atoms with Crippen LogP contribution in [0.1, 0.15) is 24.3 Å². The fourth-order valence-corrected chi connectivity index (χ4v) is 3.77. The van der Waals surface area contributed by atoms with Gasteiger partial charge in [0.2, 0.25) is 11.8 Å². The van der Waals surface area contributed by atoms with E-state index in [1.165, 1.54) is 11.9 Å². The van der Waals surface area contributed by atoms with Crippen molar-refractivity contribution < 1.29 is 14.6 Å². The van der Waals surface area contributed by atoms with Crippen molar-refractivity contribution in [2.45, 2.75) is 29.8 Å². The van der Waals surface area contributed by atoms with Crippen LogP contribution < -0.4 is 9.46 Å². The summed E-state index contributed by atoms with van der Waals surface area (Å²) in [7, 11) is 0. The first-order valence-electron chi connectivity index (χ1n) is 9.90. The van der Waals surface area contributed by atoms with Gasteiger partial charge in [-0.15, -0.1) is 0 Å². The Labute approximate surface area is 179 Å². The van der Waals surface area contributed by atoms with Gasteiger partial charge in [-0.05, 0) is 36.4 Å². The number of aliphatic hydroxyl groups excluding tert-OH is 1. The van der Waals surface area contributed by atoms with E-state index < -0.39 is 5.92 Å². The lowest BCUT2D eigenvalue weighted by Gasteiger charge is -2.21. The number of hydrogen-bond donors (Lipinski definition) is 3. The molecule has 1 atom stereocenters. The lowest BCUT2D eigenvalue weighted by Crippen LogP contribution is -2.34. The Morgan fingerprint density at radius 1 is 1.30 bits per heavy atom. The zero-order chi connectivity index (χ0) is 20.9. The highest BCUT2D eigenvalue weighted by atomic mass is 32.2. The molecule has 30 heavy (non-hydrogen) atoms. The number of nitrogens with one attached hydrogen (secondary N) is 2. The van der Waals surface area contributed by atoms with Gasteiger partial charge in [-0.3, -0.25) is 4.79 Å². The summed E-state index contributed by atoms with van der Waals surface area (Å²) in [5.41, 5.74) is 1.93. The number of nitrogens with zero attached hydrogens (tertiary/aromatic N) is 2. The molecule has 1 aromatic heterocycles. The van der Waals surface area contributed by atoms with E-state index in [0.717, 1.165) is 28.9 Å². The fraction of sp³-hybridized carbons (Fsp3) is 0.318. The average molecular weight is 425 g/mol. The molecular weight excluding hydrogens is 400 g/mol. The second-order valence-corrected chi connectivity index (χ2v) is 8.27. The van der Waals surface area contributed by atoms with Gasteiger partial charge in [0.1, 0.15) is 6.10 Å². The molecule has 1 unspecified atom stereocenters. The van der Waals surface area contributed by atoms with Crippen molar-refractivity contribution in [2.75, 3.05) is 19.7 Å². The van der Waals surface area contributed by atoms with Crippen LogP contribution in [-0.2, 0) is 4.79 Å². The first-order valence-corrected chi connectivity index (χ1v) is 10.7. The maximum atomic E-state index is 12.9. The van der Waals surface area contributed by atoms with Crippen molar-refractivity contribution in [1.29, 1.82) is 5.41 Å². The van der Waals surface area contributed by atoms with Crippen LogP contribution in [0.4, 0.5) is 0 Å². The first-order chi connectivity index (χ1) is 14.6. The summed E-state index contributed by atoms with van der Waals surface area (Å²) in [6.07, 6.45) is 6.03. The molecule has 1 aliphatic heterocycles. The smallest absolute Gasteiger partial charge is 0.233 e. The fourth-order valence-electron chi connectivity index (χ4n) is 3.19. The number of likely N-dealkylation sites (tertiary alicyclic amines) is 1. The quantitative estimate of drug-likeness (QED) is 0.564. The van der Waals surface area contributed by atoms with Crippen molar-refractivity contribution in [3.05, 3.63) is 66.0 Å². The summed E-state index contributed by atoms with van der Waals surface area (Å²) in [5.74, 6) is -0.133. The number of aromatic nitrogens is 1. The van der Waals surface area contributed by atoms with Gasteiger partial charge in [-0.2, -0.15) is 0 Å². The van der Waals surface area contributed by atoms with Crippen LogP contribution in [0.15, 0.2) is 65.3 Å². The minimum Gasteiger partial charge on any atom is -0.474 e. The van der Waals surface area contributed by atoms with Crippen LogP contribution in [0.5, 0.6) is 5.88 Å². The monoisotopic (exact) mass is 424 g/mol. The Balaban J connectivity index is 1.32. The Kier molecular flexibility index (Phi) is 6.35. The molecule has 7 nitrogen and oxygen atoms in total. The van der Waals surface area contributed by atoms with Crippen LogP contribution in [0, 0.1) is 5.41 Å². The molecule has 0 spiro atoms. The number of aliphatic hydroxyl groups is 1. The number of pyridine rings is 1. The van der Waals surface area contributed by atoms with Crippen molar-refractivity contribution in [3.8, 4) is 5.88 Å². The van der Waals surface area contributed by atoms with Crippen LogP contribution >= 0.6 is 11.9 Å². The van der Waals surface area contributed by atoms with Gasteiger partial charge in [0.15, 0.2) is 0 Å². The summed E-state index contributed by atoms with van der Waals surface area (Å²) in [6, 6.07) is 13.0. The molecule has 2 heterocycles. The Hall–Kier alpha value is -2.84. The van der Waals surface area contributed by atoms with Crippen LogP contribution in [0.25, 0.3) is 0 Å². The second-order valence-electron chi connectivity index (χ2n) is 7.36. The topological polar surface area (TPSA) is 98.5 Å². The molecule has 1 amide bonds. The highest BCUT2D eigenvalue weighted by Gasteiger charge is 2.31.